The molecule has 1 aliphatic rings. The van der Waals surface area contributed by atoms with E-state index >= 15 is 0 Å². The third-order valence-electron chi connectivity index (χ3n) is 3.72. The first-order chi connectivity index (χ1) is 10.1. The average molecular weight is 302 g/mol. The summed E-state index contributed by atoms with van der Waals surface area (Å²) in [6.45, 7) is 7.76. The Morgan fingerprint density at radius 1 is 1.24 bits per heavy atom. The predicted octanol–water partition coefficient (Wildman–Crippen LogP) is 3.90. The van der Waals surface area contributed by atoms with Gasteiger partial charge in [0.2, 0.25) is 0 Å². The Bertz CT molecular complexity index is 608. The molecule has 0 amide bonds. The minimum atomic E-state index is 0.547. The van der Waals surface area contributed by atoms with E-state index in [-0.39, 0.29) is 0 Å². The number of aryl methyl sites for hydroxylation is 3. The van der Waals surface area contributed by atoms with Gasteiger partial charge >= 0.3 is 0 Å². The molecule has 0 unspecified atom stereocenters. The Morgan fingerprint density at radius 2 is 1.95 bits per heavy atom. The van der Waals surface area contributed by atoms with Gasteiger partial charge in [0.25, 0.3) is 0 Å². The van der Waals surface area contributed by atoms with Gasteiger partial charge < -0.3 is 10.1 Å². The summed E-state index contributed by atoms with van der Waals surface area (Å²) in [5.41, 5.74) is 4.76. The second-order valence-corrected chi connectivity index (χ2v) is 6.92. The summed E-state index contributed by atoms with van der Waals surface area (Å²) < 4.78 is 5.98. The topological polar surface area (TPSA) is 34.1 Å². The van der Waals surface area contributed by atoms with Crippen molar-refractivity contribution in [3.8, 4) is 5.75 Å². The quantitative estimate of drug-likeness (QED) is 0.879. The molecule has 112 valence electrons. The highest BCUT2D eigenvalue weighted by Crippen LogP contribution is 2.27. The monoisotopic (exact) mass is 302 g/mol. The van der Waals surface area contributed by atoms with Crippen LogP contribution in [0.2, 0.25) is 0 Å². The van der Waals surface area contributed by atoms with Crippen LogP contribution in [-0.2, 0) is 13.2 Å². The maximum atomic E-state index is 5.98. The molecule has 1 heterocycles. The molecule has 0 spiro atoms. The molecule has 0 radical (unpaired) electrons. The molecule has 3 nitrogen and oxygen atoms in total. The summed E-state index contributed by atoms with van der Waals surface area (Å²) in [6.07, 6.45) is 2.65. The van der Waals surface area contributed by atoms with Crippen molar-refractivity contribution in [2.24, 2.45) is 0 Å². The van der Waals surface area contributed by atoms with E-state index in [1.165, 1.54) is 29.5 Å². The van der Waals surface area contributed by atoms with Crippen LogP contribution in [0.3, 0.4) is 0 Å². The van der Waals surface area contributed by atoms with Crippen molar-refractivity contribution >= 4 is 11.3 Å². The molecule has 0 saturated heterocycles. The number of nitrogens with zero attached hydrogens (tertiary/aromatic N) is 1. The van der Waals surface area contributed by atoms with Crippen LogP contribution in [0.1, 0.15) is 40.2 Å². The zero-order chi connectivity index (χ0) is 14.8. The van der Waals surface area contributed by atoms with Crippen LogP contribution >= 0.6 is 11.3 Å². The first-order valence-corrected chi connectivity index (χ1v) is 8.37. The minimum Gasteiger partial charge on any atom is -0.487 e. The lowest BCUT2D eigenvalue weighted by Crippen LogP contribution is -2.15. The second kappa shape index (κ2) is 6.16. The first-order valence-electron chi connectivity index (χ1n) is 7.49. The van der Waals surface area contributed by atoms with Crippen LogP contribution in [0.4, 0.5) is 0 Å². The van der Waals surface area contributed by atoms with Crippen LogP contribution in [0.15, 0.2) is 17.5 Å². The molecule has 21 heavy (non-hydrogen) atoms. The molecular formula is C17H22N2OS. The van der Waals surface area contributed by atoms with Crippen LogP contribution in [0.5, 0.6) is 5.75 Å². The third kappa shape index (κ3) is 3.83. The Hall–Kier alpha value is -1.39. The van der Waals surface area contributed by atoms with Gasteiger partial charge in [0.1, 0.15) is 12.4 Å². The molecule has 0 aliphatic heterocycles. The molecule has 3 rings (SSSR count). The molecule has 0 atom stereocenters. The first kappa shape index (κ1) is 14.5. The highest BCUT2D eigenvalue weighted by Gasteiger charge is 2.20. The lowest BCUT2D eigenvalue weighted by molar-refractivity contribution is 0.297. The SMILES string of the molecule is Cc1nc(COc2c(C)cc(CNC3CC3)cc2C)cs1. The van der Waals surface area contributed by atoms with Crippen molar-refractivity contribution in [1.29, 1.82) is 0 Å². The number of thiazole rings is 1. The third-order valence-corrected chi connectivity index (χ3v) is 4.55. The fourth-order valence-electron chi connectivity index (χ4n) is 2.54. The van der Waals surface area contributed by atoms with Gasteiger partial charge in [0, 0.05) is 18.0 Å². The lowest BCUT2D eigenvalue weighted by atomic mass is 10.1. The Morgan fingerprint density at radius 3 is 2.52 bits per heavy atom. The van der Waals surface area contributed by atoms with Gasteiger partial charge in [0.05, 0.1) is 10.7 Å². The Kier molecular flexibility index (Phi) is 4.27. The van der Waals surface area contributed by atoms with Gasteiger partial charge in [-0.05, 0) is 50.3 Å². The lowest BCUT2D eigenvalue weighted by Gasteiger charge is -2.14. The molecule has 1 aromatic heterocycles. The van der Waals surface area contributed by atoms with E-state index in [0.29, 0.717) is 6.61 Å². The van der Waals surface area contributed by atoms with Gasteiger partial charge in [-0.15, -0.1) is 11.3 Å². The molecule has 4 heteroatoms. The fraction of sp³-hybridized carbons (Fsp3) is 0.471. The van der Waals surface area contributed by atoms with Gasteiger partial charge in [0.15, 0.2) is 0 Å². The second-order valence-electron chi connectivity index (χ2n) is 5.86. The van der Waals surface area contributed by atoms with Crippen LogP contribution in [0.25, 0.3) is 0 Å². The average Bonchev–Trinajstić information content (AvgIpc) is 3.17. The number of hydrogen-bond donors (Lipinski definition) is 1. The van der Waals surface area contributed by atoms with Crippen molar-refractivity contribution in [2.75, 3.05) is 0 Å². The summed E-state index contributed by atoms with van der Waals surface area (Å²) in [7, 11) is 0. The van der Waals surface area contributed by atoms with Crippen molar-refractivity contribution in [3.05, 3.63) is 44.9 Å². The molecular weight excluding hydrogens is 280 g/mol. The standard InChI is InChI=1S/C17H22N2OS/c1-11-6-14(8-18-15-4-5-15)7-12(2)17(11)20-9-16-10-21-13(3)19-16/h6-7,10,15,18H,4-5,8-9H2,1-3H3. The van der Waals surface area contributed by atoms with E-state index in [0.717, 1.165) is 29.0 Å². The highest BCUT2D eigenvalue weighted by atomic mass is 32.1. The number of ether oxygens (including phenoxy) is 1. The maximum Gasteiger partial charge on any atom is 0.131 e. The number of benzene rings is 1. The van der Waals surface area contributed by atoms with Crippen molar-refractivity contribution in [2.45, 2.75) is 52.8 Å². The maximum absolute atomic E-state index is 5.98. The number of nitrogens with one attached hydrogen (secondary N) is 1. The molecule has 0 bridgehead atoms. The van der Waals surface area contributed by atoms with Crippen LogP contribution < -0.4 is 10.1 Å². The predicted molar refractivity (Wildman–Crippen MR) is 87.0 cm³/mol. The highest BCUT2D eigenvalue weighted by molar-refractivity contribution is 7.09. The molecule has 1 N–H and O–H groups in total. The van der Waals surface area contributed by atoms with E-state index < -0.39 is 0 Å². The summed E-state index contributed by atoms with van der Waals surface area (Å²) in [5.74, 6) is 0.996. The normalized spacial score (nSPS) is 14.4. The summed E-state index contributed by atoms with van der Waals surface area (Å²) >= 11 is 1.67. The van der Waals surface area contributed by atoms with Gasteiger partial charge in [-0.1, -0.05) is 12.1 Å². The minimum absolute atomic E-state index is 0.547. The number of hydrogen-bond acceptors (Lipinski definition) is 4. The van der Waals surface area contributed by atoms with E-state index in [4.69, 9.17) is 4.74 Å². The molecule has 1 fully saturated rings. The summed E-state index contributed by atoms with van der Waals surface area (Å²) in [4.78, 5) is 4.44. The summed E-state index contributed by atoms with van der Waals surface area (Å²) in [5, 5.41) is 6.71. The van der Waals surface area contributed by atoms with Crippen LogP contribution in [0, 0.1) is 20.8 Å². The van der Waals surface area contributed by atoms with E-state index in [1.54, 1.807) is 11.3 Å². The molecule has 1 aromatic carbocycles. The van der Waals surface area contributed by atoms with Crippen molar-refractivity contribution in [1.82, 2.24) is 10.3 Å². The van der Waals surface area contributed by atoms with E-state index in [2.05, 4.69) is 41.7 Å². The zero-order valence-corrected chi connectivity index (χ0v) is 13.7. The summed E-state index contributed by atoms with van der Waals surface area (Å²) in [6, 6.07) is 5.20. The fourth-order valence-corrected chi connectivity index (χ4v) is 3.14. The van der Waals surface area contributed by atoms with E-state index in [1.807, 2.05) is 6.92 Å². The van der Waals surface area contributed by atoms with Crippen molar-refractivity contribution in [3.63, 3.8) is 0 Å². The Labute approximate surface area is 130 Å². The van der Waals surface area contributed by atoms with Gasteiger partial charge in [-0.2, -0.15) is 0 Å². The molecule has 1 saturated carbocycles. The molecule has 2 aromatic rings. The largest absolute Gasteiger partial charge is 0.487 e. The Balaban J connectivity index is 1.66. The van der Waals surface area contributed by atoms with Crippen molar-refractivity contribution < 1.29 is 4.74 Å². The van der Waals surface area contributed by atoms with Crippen LogP contribution in [-0.4, -0.2) is 11.0 Å². The van der Waals surface area contributed by atoms with E-state index in [9.17, 15) is 0 Å². The number of rotatable bonds is 6. The van der Waals surface area contributed by atoms with Gasteiger partial charge in [-0.3, -0.25) is 0 Å². The smallest absolute Gasteiger partial charge is 0.131 e. The van der Waals surface area contributed by atoms with Gasteiger partial charge in [-0.25, -0.2) is 4.98 Å². The molecule has 1 aliphatic carbocycles. The zero-order valence-electron chi connectivity index (χ0n) is 12.9. The number of aromatic nitrogens is 1.